The van der Waals surface area contributed by atoms with Gasteiger partial charge in [0.1, 0.15) is 0 Å². The maximum absolute atomic E-state index is 10.9. The fourth-order valence-electron chi connectivity index (χ4n) is 0.710. The van der Waals surface area contributed by atoms with Crippen LogP contribution in [0.15, 0.2) is 0 Å². The molecule has 2 nitrogen and oxygen atoms in total. The Labute approximate surface area is 69.9 Å². The monoisotopic (exact) mass is 174 g/mol. The third-order valence-corrected chi connectivity index (χ3v) is 3.13. The van der Waals surface area contributed by atoms with Crippen LogP contribution in [0.5, 0.6) is 0 Å². The zero-order valence-electron chi connectivity index (χ0n) is 7.94. The van der Waals surface area contributed by atoms with Gasteiger partial charge in [0.15, 0.2) is 0 Å². The summed E-state index contributed by atoms with van der Waals surface area (Å²) in [7, 11) is -1.05. The van der Waals surface area contributed by atoms with Gasteiger partial charge in [0.05, 0.1) is 6.61 Å². The van der Waals surface area contributed by atoms with E-state index < -0.39 is 8.07 Å². The highest BCUT2D eigenvalue weighted by Crippen LogP contribution is 2.11. The number of ether oxygens (including phenoxy) is 1. The molecular formula is C8H18O2Si. The summed E-state index contributed by atoms with van der Waals surface area (Å²) in [6.07, 6.45) is 0.601. The van der Waals surface area contributed by atoms with Gasteiger partial charge in [0.25, 0.3) is 0 Å². The summed E-state index contributed by atoms with van der Waals surface area (Å²) in [5.74, 6) is -0.0464. The lowest BCUT2D eigenvalue weighted by Gasteiger charge is -2.14. The highest BCUT2D eigenvalue weighted by atomic mass is 28.3. The van der Waals surface area contributed by atoms with E-state index in [1.165, 1.54) is 0 Å². The molecule has 0 aromatic rings. The average molecular weight is 174 g/mol. The maximum atomic E-state index is 10.9. The minimum absolute atomic E-state index is 0.0464. The van der Waals surface area contributed by atoms with Crippen molar-refractivity contribution in [3.8, 4) is 0 Å². The lowest BCUT2D eigenvalue weighted by molar-refractivity contribution is -0.142. The van der Waals surface area contributed by atoms with Gasteiger partial charge in [-0.25, -0.2) is 0 Å². The summed E-state index contributed by atoms with van der Waals surface area (Å²) >= 11 is 0. The van der Waals surface area contributed by atoms with Gasteiger partial charge >= 0.3 is 5.97 Å². The van der Waals surface area contributed by atoms with Crippen molar-refractivity contribution in [2.24, 2.45) is 0 Å². The molecule has 0 saturated carbocycles. The highest BCUT2D eigenvalue weighted by molar-refractivity contribution is 6.76. The molecule has 66 valence electrons. The van der Waals surface area contributed by atoms with Crippen LogP contribution in [0.1, 0.15) is 13.3 Å². The largest absolute Gasteiger partial charge is 0.466 e. The number of hydrogen-bond acceptors (Lipinski definition) is 2. The Morgan fingerprint density at radius 2 is 1.91 bits per heavy atom. The zero-order chi connectivity index (χ0) is 8.91. The van der Waals surface area contributed by atoms with E-state index in [2.05, 4.69) is 19.6 Å². The van der Waals surface area contributed by atoms with Gasteiger partial charge in [-0.05, 0) is 13.0 Å². The standard InChI is InChI=1S/C8H18O2Si/c1-5-10-8(9)6-7-11(2,3)4/h5-7H2,1-4H3. The molecule has 0 aliphatic carbocycles. The van der Waals surface area contributed by atoms with Crippen LogP contribution < -0.4 is 0 Å². The molecule has 0 unspecified atom stereocenters. The number of hydrogen-bond donors (Lipinski definition) is 0. The second-order valence-corrected chi connectivity index (χ2v) is 9.49. The minimum Gasteiger partial charge on any atom is -0.466 e. The molecule has 0 fully saturated rings. The smallest absolute Gasteiger partial charge is 0.305 e. The number of carbonyl (C=O) groups is 1. The van der Waals surface area contributed by atoms with Crippen molar-refractivity contribution in [3.05, 3.63) is 0 Å². The van der Waals surface area contributed by atoms with Crippen molar-refractivity contribution >= 4 is 14.0 Å². The van der Waals surface area contributed by atoms with Gasteiger partial charge in [0, 0.05) is 14.5 Å². The summed E-state index contributed by atoms with van der Waals surface area (Å²) in [6, 6.07) is 1.03. The molecule has 0 N–H and O–H groups in total. The summed E-state index contributed by atoms with van der Waals surface area (Å²) in [6.45, 7) is 9.11. The fourth-order valence-corrected chi connectivity index (χ4v) is 1.66. The normalized spacial score (nSPS) is 11.3. The number of carbonyl (C=O) groups excluding carboxylic acids is 1. The summed E-state index contributed by atoms with van der Waals surface area (Å²) in [5, 5.41) is 0. The summed E-state index contributed by atoms with van der Waals surface area (Å²) in [5.41, 5.74) is 0. The number of rotatable bonds is 4. The van der Waals surface area contributed by atoms with E-state index in [0.29, 0.717) is 13.0 Å². The van der Waals surface area contributed by atoms with Crippen LogP contribution in [-0.4, -0.2) is 20.7 Å². The Kier molecular flexibility index (Phi) is 4.41. The highest BCUT2D eigenvalue weighted by Gasteiger charge is 2.14. The van der Waals surface area contributed by atoms with Gasteiger partial charge in [-0.2, -0.15) is 0 Å². The van der Waals surface area contributed by atoms with Gasteiger partial charge in [-0.15, -0.1) is 0 Å². The molecule has 0 radical (unpaired) electrons. The van der Waals surface area contributed by atoms with Crippen LogP contribution in [0.4, 0.5) is 0 Å². The van der Waals surface area contributed by atoms with Crippen LogP contribution in [0.25, 0.3) is 0 Å². The first-order valence-corrected chi connectivity index (χ1v) is 7.82. The molecule has 0 aliphatic rings. The van der Waals surface area contributed by atoms with E-state index in [0.717, 1.165) is 6.04 Å². The lowest BCUT2D eigenvalue weighted by atomic mass is 10.5. The first-order chi connectivity index (χ1) is 4.95. The van der Waals surface area contributed by atoms with Crippen LogP contribution in [0.3, 0.4) is 0 Å². The molecule has 0 atom stereocenters. The Morgan fingerprint density at radius 1 is 1.36 bits per heavy atom. The Hall–Kier alpha value is -0.313. The molecule has 0 bridgehead atoms. The van der Waals surface area contributed by atoms with E-state index in [9.17, 15) is 4.79 Å². The molecule has 0 aliphatic heterocycles. The van der Waals surface area contributed by atoms with Crippen molar-refractivity contribution in [3.63, 3.8) is 0 Å². The molecule has 0 saturated heterocycles. The molecule has 11 heavy (non-hydrogen) atoms. The first-order valence-electron chi connectivity index (χ1n) is 4.11. The molecular weight excluding hydrogens is 156 g/mol. The molecule has 0 spiro atoms. The fraction of sp³-hybridized carbons (Fsp3) is 0.875. The maximum Gasteiger partial charge on any atom is 0.305 e. The summed E-state index contributed by atoms with van der Waals surface area (Å²) < 4.78 is 4.82. The predicted octanol–water partition coefficient (Wildman–Crippen LogP) is 2.28. The van der Waals surface area contributed by atoms with Crippen LogP contribution >= 0.6 is 0 Å². The van der Waals surface area contributed by atoms with Crippen LogP contribution in [0.2, 0.25) is 25.7 Å². The quantitative estimate of drug-likeness (QED) is 0.483. The van der Waals surface area contributed by atoms with Crippen molar-refractivity contribution in [2.45, 2.75) is 39.0 Å². The van der Waals surface area contributed by atoms with Crippen molar-refractivity contribution in [1.82, 2.24) is 0 Å². The lowest BCUT2D eigenvalue weighted by Crippen LogP contribution is -2.21. The van der Waals surface area contributed by atoms with Crippen molar-refractivity contribution in [1.29, 1.82) is 0 Å². The second kappa shape index (κ2) is 4.54. The van der Waals surface area contributed by atoms with Crippen LogP contribution in [-0.2, 0) is 9.53 Å². The molecule has 0 aromatic carbocycles. The van der Waals surface area contributed by atoms with E-state index >= 15 is 0 Å². The molecule has 0 rings (SSSR count). The third kappa shape index (κ3) is 7.59. The molecule has 3 heteroatoms. The summed E-state index contributed by atoms with van der Waals surface area (Å²) in [4.78, 5) is 10.9. The Morgan fingerprint density at radius 3 is 2.27 bits per heavy atom. The number of esters is 1. The van der Waals surface area contributed by atoms with Crippen molar-refractivity contribution in [2.75, 3.05) is 6.61 Å². The Bertz CT molecular complexity index is 127. The van der Waals surface area contributed by atoms with Crippen LogP contribution in [0, 0.1) is 0 Å². The topological polar surface area (TPSA) is 26.3 Å². The van der Waals surface area contributed by atoms with Crippen molar-refractivity contribution < 1.29 is 9.53 Å². The molecule has 0 heterocycles. The third-order valence-electron chi connectivity index (χ3n) is 1.38. The second-order valence-electron chi connectivity index (χ2n) is 3.87. The van der Waals surface area contributed by atoms with E-state index in [1.807, 2.05) is 6.92 Å². The van der Waals surface area contributed by atoms with E-state index in [-0.39, 0.29) is 5.97 Å². The van der Waals surface area contributed by atoms with Gasteiger partial charge < -0.3 is 4.74 Å². The predicted molar refractivity (Wildman–Crippen MR) is 49.4 cm³/mol. The average Bonchev–Trinajstić information content (AvgIpc) is 1.83. The molecule has 0 aromatic heterocycles. The zero-order valence-corrected chi connectivity index (χ0v) is 8.94. The van der Waals surface area contributed by atoms with Gasteiger partial charge in [-0.1, -0.05) is 19.6 Å². The Balaban J connectivity index is 3.46. The van der Waals surface area contributed by atoms with Gasteiger partial charge in [0.2, 0.25) is 0 Å². The first kappa shape index (κ1) is 10.7. The SMILES string of the molecule is CCOC(=O)CC[Si](C)(C)C. The van der Waals surface area contributed by atoms with E-state index in [4.69, 9.17) is 4.74 Å². The van der Waals surface area contributed by atoms with E-state index in [1.54, 1.807) is 0 Å². The van der Waals surface area contributed by atoms with Gasteiger partial charge in [-0.3, -0.25) is 4.79 Å². The molecule has 0 amide bonds. The minimum atomic E-state index is -1.05.